The summed E-state index contributed by atoms with van der Waals surface area (Å²) < 4.78 is 15.7. The summed E-state index contributed by atoms with van der Waals surface area (Å²) in [5.41, 5.74) is 1.07. The summed E-state index contributed by atoms with van der Waals surface area (Å²) >= 11 is 5.93. The summed E-state index contributed by atoms with van der Waals surface area (Å²) in [7, 11) is 0. The molecule has 6 heteroatoms. The molecule has 1 atom stereocenters. The average Bonchev–Trinajstić information content (AvgIpc) is 3.20. The van der Waals surface area contributed by atoms with Crippen molar-refractivity contribution in [3.63, 3.8) is 0 Å². The SMILES string of the molecule is CC(c1ccc(F)c(Cl)c1)N1CCC(c2nnc3n2CCC3)CC1. The lowest BCUT2D eigenvalue weighted by Gasteiger charge is -2.36. The van der Waals surface area contributed by atoms with Crippen LogP contribution in [-0.2, 0) is 13.0 Å². The second-order valence-corrected chi connectivity index (χ2v) is 7.30. The number of nitrogens with zero attached hydrogens (tertiary/aromatic N) is 4. The first-order valence-corrected chi connectivity index (χ1v) is 9.12. The van der Waals surface area contributed by atoms with E-state index in [4.69, 9.17) is 11.6 Å². The predicted octanol–water partition coefficient (Wildman–Crippen LogP) is 3.96. The molecule has 0 radical (unpaired) electrons. The molecule has 3 heterocycles. The molecule has 2 aliphatic heterocycles. The number of likely N-dealkylation sites (tertiary alicyclic amines) is 1. The summed E-state index contributed by atoms with van der Waals surface area (Å²) in [6.07, 6.45) is 4.45. The van der Waals surface area contributed by atoms with Gasteiger partial charge in [-0.15, -0.1) is 10.2 Å². The summed E-state index contributed by atoms with van der Waals surface area (Å²) in [5.74, 6) is 2.48. The van der Waals surface area contributed by atoms with Gasteiger partial charge >= 0.3 is 0 Å². The number of aromatic nitrogens is 3. The molecule has 1 unspecified atom stereocenters. The molecule has 4 nitrogen and oxygen atoms in total. The molecule has 1 aromatic carbocycles. The Labute approximate surface area is 146 Å². The first-order valence-electron chi connectivity index (χ1n) is 8.74. The molecular weight excluding hydrogens is 327 g/mol. The summed E-state index contributed by atoms with van der Waals surface area (Å²) in [6, 6.07) is 5.29. The number of aryl methyl sites for hydroxylation is 1. The molecule has 2 aliphatic rings. The maximum atomic E-state index is 13.4. The van der Waals surface area contributed by atoms with E-state index >= 15 is 0 Å². The van der Waals surface area contributed by atoms with Crippen LogP contribution in [0.1, 0.15) is 55.4 Å². The number of benzene rings is 1. The van der Waals surface area contributed by atoms with Crippen LogP contribution in [0.15, 0.2) is 18.2 Å². The Morgan fingerprint density at radius 1 is 1.21 bits per heavy atom. The van der Waals surface area contributed by atoms with Crippen LogP contribution in [0, 0.1) is 5.82 Å². The minimum Gasteiger partial charge on any atom is -0.315 e. The van der Waals surface area contributed by atoms with E-state index in [2.05, 4.69) is 26.6 Å². The molecule has 0 aliphatic carbocycles. The van der Waals surface area contributed by atoms with Gasteiger partial charge in [0, 0.05) is 24.9 Å². The molecule has 24 heavy (non-hydrogen) atoms. The number of halogens is 2. The van der Waals surface area contributed by atoms with Crippen LogP contribution >= 0.6 is 11.6 Å². The van der Waals surface area contributed by atoms with Crippen molar-refractivity contribution >= 4 is 11.6 Å². The van der Waals surface area contributed by atoms with Gasteiger partial charge in [0.1, 0.15) is 17.5 Å². The molecular formula is C18H22ClFN4. The van der Waals surface area contributed by atoms with E-state index in [1.165, 1.54) is 18.3 Å². The Morgan fingerprint density at radius 2 is 2.00 bits per heavy atom. The Kier molecular flexibility index (Phi) is 4.31. The summed E-state index contributed by atoms with van der Waals surface area (Å²) in [5, 5.41) is 8.99. The molecule has 1 aromatic heterocycles. The normalized spacial score (nSPS) is 20.3. The van der Waals surface area contributed by atoms with Crippen LogP contribution in [0.3, 0.4) is 0 Å². The molecule has 2 aromatic rings. The van der Waals surface area contributed by atoms with Crippen molar-refractivity contribution in [2.75, 3.05) is 13.1 Å². The maximum absolute atomic E-state index is 13.4. The smallest absolute Gasteiger partial charge is 0.141 e. The van der Waals surface area contributed by atoms with Crippen LogP contribution in [0.4, 0.5) is 4.39 Å². The third-order valence-electron chi connectivity index (χ3n) is 5.51. The minimum absolute atomic E-state index is 0.202. The van der Waals surface area contributed by atoms with Gasteiger partial charge in [-0.25, -0.2) is 4.39 Å². The number of hydrogen-bond acceptors (Lipinski definition) is 3. The second-order valence-electron chi connectivity index (χ2n) is 6.89. The van der Waals surface area contributed by atoms with Crippen molar-refractivity contribution in [1.29, 1.82) is 0 Å². The summed E-state index contributed by atoms with van der Waals surface area (Å²) in [6.45, 7) is 5.27. The van der Waals surface area contributed by atoms with Gasteiger partial charge in [-0.3, -0.25) is 4.90 Å². The van der Waals surface area contributed by atoms with Gasteiger partial charge in [0.15, 0.2) is 0 Å². The highest BCUT2D eigenvalue weighted by molar-refractivity contribution is 6.30. The number of rotatable bonds is 3. The van der Waals surface area contributed by atoms with E-state index < -0.39 is 0 Å². The Hall–Kier alpha value is -1.46. The fourth-order valence-electron chi connectivity index (χ4n) is 4.00. The fraction of sp³-hybridized carbons (Fsp3) is 0.556. The topological polar surface area (TPSA) is 34.0 Å². The quantitative estimate of drug-likeness (QED) is 0.842. The van der Waals surface area contributed by atoms with Crippen LogP contribution in [0.2, 0.25) is 5.02 Å². The minimum atomic E-state index is -0.355. The maximum Gasteiger partial charge on any atom is 0.141 e. The molecule has 4 rings (SSSR count). The first-order chi connectivity index (χ1) is 11.6. The van der Waals surface area contributed by atoms with E-state index in [9.17, 15) is 4.39 Å². The van der Waals surface area contributed by atoms with E-state index in [1.807, 2.05) is 6.07 Å². The highest BCUT2D eigenvalue weighted by Gasteiger charge is 2.29. The average molecular weight is 349 g/mol. The van der Waals surface area contributed by atoms with Crippen LogP contribution in [-0.4, -0.2) is 32.8 Å². The fourth-order valence-corrected chi connectivity index (χ4v) is 4.19. The highest BCUT2D eigenvalue weighted by atomic mass is 35.5. The molecule has 0 bridgehead atoms. The Balaban J connectivity index is 1.43. The van der Waals surface area contributed by atoms with Gasteiger partial charge in [-0.05, 0) is 57.0 Å². The zero-order valence-electron chi connectivity index (χ0n) is 13.9. The van der Waals surface area contributed by atoms with Crippen molar-refractivity contribution in [2.45, 2.75) is 51.1 Å². The van der Waals surface area contributed by atoms with Crippen molar-refractivity contribution in [3.8, 4) is 0 Å². The predicted molar refractivity (Wildman–Crippen MR) is 91.7 cm³/mol. The van der Waals surface area contributed by atoms with E-state index in [1.54, 1.807) is 6.07 Å². The van der Waals surface area contributed by atoms with Gasteiger partial charge in [-0.2, -0.15) is 0 Å². The Bertz CT molecular complexity index is 737. The van der Waals surface area contributed by atoms with Gasteiger partial charge in [0.05, 0.1) is 5.02 Å². The van der Waals surface area contributed by atoms with Crippen LogP contribution in [0.25, 0.3) is 0 Å². The molecule has 1 saturated heterocycles. The zero-order valence-corrected chi connectivity index (χ0v) is 14.6. The lowest BCUT2D eigenvalue weighted by Crippen LogP contribution is -2.35. The molecule has 0 N–H and O–H groups in total. The molecule has 0 amide bonds. The van der Waals surface area contributed by atoms with Crippen LogP contribution < -0.4 is 0 Å². The third-order valence-corrected chi connectivity index (χ3v) is 5.80. The van der Waals surface area contributed by atoms with Crippen molar-refractivity contribution < 1.29 is 4.39 Å². The van der Waals surface area contributed by atoms with Crippen molar-refractivity contribution in [2.24, 2.45) is 0 Å². The van der Waals surface area contributed by atoms with E-state index in [0.717, 1.165) is 50.3 Å². The van der Waals surface area contributed by atoms with Gasteiger partial charge < -0.3 is 4.57 Å². The molecule has 0 saturated carbocycles. The highest BCUT2D eigenvalue weighted by Crippen LogP contribution is 2.33. The molecule has 0 spiro atoms. The third kappa shape index (κ3) is 2.84. The van der Waals surface area contributed by atoms with Gasteiger partial charge in [0.2, 0.25) is 0 Å². The Morgan fingerprint density at radius 3 is 2.75 bits per heavy atom. The summed E-state index contributed by atoms with van der Waals surface area (Å²) in [4.78, 5) is 2.45. The number of piperidine rings is 1. The van der Waals surface area contributed by atoms with E-state index in [-0.39, 0.29) is 16.9 Å². The van der Waals surface area contributed by atoms with E-state index in [0.29, 0.717) is 5.92 Å². The van der Waals surface area contributed by atoms with Gasteiger partial charge in [-0.1, -0.05) is 17.7 Å². The van der Waals surface area contributed by atoms with Crippen molar-refractivity contribution in [1.82, 2.24) is 19.7 Å². The standard InChI is InChI=1S/C18H22ClFN4/c1-12(14-4-5-16(20)15(19)11-14)23-9-6-13(7-10-23)18-22-21-17-3-2-8-24(17)18/h4-5,11-13H,2-3,6-10H2,1H3. The second kappa shape index (κ2) is 6.45. The zero-order chi connectivity index (χ0) is 16.7. The first kappa shape index (κ1) is 16.0. The lowest BCUT2D eigenvalue weighted by molar-refractivity contribution is 0.159. The molecule has 128 valence electrons. The van der Waals surface area contributed by atoms with Crippen molar-refractivity contribution in [3.05, 3.63) is 46.3 Å². The monoisotopic (exact) mass is 348 g/mol. The van der Waals surface area contributed by atoms with Gasteiger partial charge in [0.25, 0.3) is 0 Å². The number of fused-ring (bicyclic) bond motifs is 1. The molecule has 1 fully saturated rings. The lowest BCUT2D eigenvalue weighted by atomic mass is 9.94. The number of hydrogen-bond donors (Lipinski definition) is 0. The van der Waals surface area contributed by atoms with Crippen LogP contribution in [0.5, 0.6) is 0 Å². The largest absolute Gasteiger partial charge is 0.315 e.